The molecule has 1 aliphatic heterocycles. The molecule has 41 heavy (non-hydrogen) atoms. The highest BCUT2D eigenvalue weighted by Crippen LogP contribution is 2.29. The number of nitrogens with one attached hydrogen (secondary N) is 2. The van der Waals surface area contributed by atoms with Gasteiger partial charge in [-0.15, -0.1) is 0 Å². The Hall–Kier alpha value is -3.59. The summed E-state index contributed by atoms with van der Waals surface area (Å²) in [7, 11) is 1.77. The average molecular weight is 565 g/mol. The Kier molecular flexibility index (Phi) is 10.6. The molecule has 0 saturated heterocycles. The lowest BCUT2D eigenvalue weighted by molar-refractivity contribution is -0.134. The number of ether oxygens (including phenoxy) is 1. The summed E-state index contributed by atoms with van der Waals surface area (Å²) in [6.45, 7) is 4.40. The van der Waals surface area contributed by atoms with Gasteiger partial charge in [0.05, 0.1) is 32.0 Å². The molecule has 9 heteroatoms. The third-order valence-corrected chi connectivity index (χ3v) is 8.14. The van der Waals surface area contributed by atoms with Crippen LogP contribution in [0, 0.1) is 5.92 Å². The molecule has 0 aromatic heterocycles. The molecule has 1 fully saturated rings. The van der Waals surface area contributed by atoms with E-state index >= 15 is 0 Å². The van der Waals surface area contributed by atoms with Crippen LogP contribution >= 0.6 is 0 Å². The number of fused-ring (bicyclic) bond motifs is 1. The molecule has 2 aliphatic rings. The molecule has 0 radical (unpaired) electrons. The molecule has 3 N–H and O–H groups in total. The Morgan fingerprint density at radius 3 is 2.56 bits per heavy atom. The van der Waals surface area contributed by atoms with Crippen LogP contribution < -0.4 is 15.4 Å². The molecule has 9 nitrogen and oxygen atoms in total. The van der Waals surface area contributed by atoms with Gasteiger partial charge in [-0.05, 0) is 43.5 Å². The number of amides is 4. The maximum Gasteiger partial charge on any atom is 0.317 e. The van der Waals surface area contributed by atoms with Crippen LogP contribution in [-0.4, -0.2) is 77.7 Å². The highest BCUT2D eigenvalue weighted by Gasteiger charge is 2.32. The number of hydrogen-bond acceptors (Lipinski definition) is 5. The fourth-order valence-electron chi connectivity index (χ4n) is 5.60. The van der Waals surface area contributed by atoms with Gasteiger partial charge < -0.3 is 30.3 Å². The zero-order valence-electron chi connectivity index (χ0n) is 24.5. The van der Waals surface area contributed by atoms with Gasteiger partial charge in [-0.1, -0.05) is 56.5 Å². The molecule has 0 spiro atoms. The van der Waals surface area contributed by atoms with Crippen molar-refractivity contribution in [2.75, 3.05) is 32.1 Å². The minimum atomic E-state index is -0.395. The lowest BCUT2D eigenvalue weighted by Gasteiger charge is -2.34. The van der Waals surface area contributed by atoms with Crippen molar-refractivity contribution in [1.82, 2.24) is 15.1 Å². The summed E-state index contributed by atoms with van der Waals surface area (Å²) in [5, 5.41) is 16.0. The Morgan fingerprint density at radius 2 is 1.85 bits per heavy atom. The predicted octanol–water partition coefficient (Wildman–Crippen LogP) is 3.99. The van der Waals surface area contributed by atoms with E-state index in [1.54, 1.807) is 35.0 Å². The van der Waals surface area contributed by atoms with Crippen molar-refractivity contribution in [3.8, 4) is 5.75 Å². The summed E-state index contributed by atoms with van der Waals surface area (Å²) in [6.07, 6.45) is 5.41. The van der Waals surface area contributed by atoms with Crippen molar-refractivity contribution in [3.63, 3.8) is 0 Å². The standard InChI is InChI=1S/C32H44N4O5/c1-22-19-36(23(2)21-37)31(39)18-25-17-27(33-30(38)16-24-10-6-4-7-11-24)14-15-28(25)41-29(22)20-35(3)32(40)34-26-12-8-5-9-13-26/h4,6-7,10-11,14-15,17,22-23,26,29,37H,5,8-9,12-13,16,18-21H2,1-3H3,(H,33,38)(H,34,40)/t22-,23-,29-/m0/s1. The third-order valence-electron chi connectivity index (χ3n) is 8.14. The van der Waals surface area contributed by atoms with Crippen LogP contribution in [0.15, 0.2) is 48.5 Å². The van der Waals surface area contributed by atoms with E-state index in [2.05, 4.69) is 10.6 Å². The summed E-state index contributed by atoms with van der Waals surface area (Å²) in [4.78, 5) is 42.5. The number of hydrogen-bond donors (Lipinski definition) is 3. The van der Waals surface area contributed by atoms with Gasteiger partial charge in [0.1, 0.15) is 11.9 Å². The van der Waals surface area contributed by atoms with Crippen LogP contribution in [0.2, 0.25) is 0 Å². The third kappa shape index (κ3) is 8.45. The van der Waals surface area contributed by atoms with E-state index in [9.17, 15) is 19.5 Å². The van der Waals surface area contributed by atoms with Crippen LogP contribution in [0.4, 0.5) is 10.5 Å². The average Bonchev–Trinajstić information content (AvgIpc) is 3.01. The van der Waals surface area contributed by atoms with Crippen LogP contribution in [0.25, 0.3) is 0 Å². The quantitative estimate of drug-likeness (QED) is 0.449. The fourth-order valence-corrected chi connectivity index (χ4v) is 5.60. The molecular formula is C32H44N4O5. The highest BCUT2D eigenvalue weighted by molar-refractivity contribution is 5.92. The molecule has 0 unspecified atom stereocenters. The first kappa shape index (κ1) is 30.4. The molecule has 4 amide bonds. The second-order valence-electron chi connectivity index (χ2n) is 11.6. The Balaban J connectivity index is 1.53. The van der Waals surface area contributed by atoms with Gasteiger partial charge in [0, 0.05) is 36.8 Å². The number of nitrogens with zero attached hydrogens (tertiary/aromatic N) is 2. The predicted molar refractivity (Wildman–Crippen MR) is 159 cm³/mol. The molecule has 1 saturated carbocycles. The molecule has 2 aromatic rings. The maximum absolute atomic E-state index is 13.5. The van der Waals surface area contributed by atoms with Crippen molar-refractivity contribution >= 4 is 23.5 Å². The second-order valence-corrected chi connectivity index (χ2v) is 11.6. The van der Waals surface area contributed by atoms with Crippen LogP contribution in [-0.2, 0) is 22.4 Å². The van der Waals surface area contributed by atoms with Gasteiger partial charge in [-0.2, -0.15) is 0 Å². The summed E-state index contributed by atoms with van der Waals surface area (Å²) >= 11 is 0. The number of benzene rings is 2. The van der Waals surface area contributed by atoms with Gasteiger partial charge >= 0.3 is 6.03 Å². The summed E-state index contributed by atoms with van der Waals surface area (Å²) in [6, 6.07) is 14.6. The Bertz CT molecular complexity index is 1180. The van der Waals surface area contributed by atoms with Crippen molar-refractivity contribution in [2.45, 2.75) is 77.0 Å². The van der Waals surface area contributed by atoms with E-state index < -0.39 is 6.10 Å². The van der Waals surface area contributed by atoms with E-state index in [-0.39, 0.29) is 55.3 Å². The van der Waals surface area contributed by atoms with E-state index in [1.165, 1.54) is 6.42 Å². The molecule has 222 valence electrons. The molecule has 2 aromatic carbocycles. The molecule has 4 rings (SSSR count). The zero-order chi connectivity index (χ0) is 29.4. The number of carbonyl (C=O) groups excluding carboxylic acids is 3. The largest absolute Gasteiger partial charge is 0.488 e. The first-order valence-electron chi connectivity index (χ1n) is 14.8. The Morgan fingerprint density at radius 1 is 1.12 bits per heavy atom. The summed E-state index contributed by atoms with van der Waals surface area (Å²) in [5.74, 6) is 0.157. The minimum absolute atomic E-state index is 0.0690. The number of aliphatic hydroxyl groups is 1. The van der Waals surface area contributed by atoms with Gasteiger partial charge in [0.25, 0.3) is 0 Å². The first-order valence-corrected chi connectivity index (χ1v) is 14.8. The highest BCUT2D eigenvalue weighted by atomic mass is 16.5. The molecule has 0 bridgehead atoms. The lowest BCUT2D eigenvalue weighted by atomic mass is 9.96. The molecule has 3 atom stereocenters. The van der Waals surface area contributed by atoms with Crippen molar-refractivity contribution in [1.29, 1.82) is 0 Å². The SMILES string of the molecule is C[C@H]1CN([C@@H](C)CO)C(=O)Cc2cc(NC(=O)Cc3ccccc3)ccc2O[C@H]1CN(C)C(=O)NC1CCCCC1. The number of urea groups is 1. The van der Waals surface area contributed by atoms with E-state index in [4.69, 9.17) is 4.74 Å². The second kappa shape index (κ2) is 14.3. The molecule has 1 aliphatic carbocycles. The number of anilines is 1. The van der Waals surface area contributed by atoms with Crippen LogP contribution in [0.1, 0.15) is 57.1 Å². The Labute approximate surface area is 243 Å². The number of carbonyl (C=O) groups is 3. The van der Waals surface area contributed by atoms with Crippen molar-refractivity contribution in [2.24, 2.45) is 5.92 Å². The topological polar surface area (TPSA) is 111 Å². The number of likely N-dealkylation sites (N-methyl/N-ethyl adjacent to an activating group) is 1. The fraction of sp³-hybridized carbons (Fsp3) is 0.531. The van der Waals surface area contributed by atoms with Gasteiger partial charge in [0.2, 0.25) is 11.8 Å². The summed E-state index contributed by atoms with van der Waals surface area (Å²) < 4.78 is 6.53. The minimum Gasteiger partial charge on any atom is -0.488 e. The lowest BCUT2D eigenvalue weighted by Crippen LogP contribution is -2.50. The van der Waals surface area contributed by atoms with Crippen LogP contribution in [0.5, 0.6) is 5.75 Å². The van der Waals surface area contributed by atoms with Crippen molar-refractivity contribution in [3.05, 3.63) is 59.7 Å². The first-order chi connectivity index (χ1) is 19.7. The summed E-state index contributed by atoms with van der Waals surface area (Å²) in [5.41, 5.74) is 2.14. The molecule has 1 heterocycles. The van der Waals surface area contributed by atoms with Gasteiger partial charge in [-0.3, -0.25) is 9.59 Å². The van der Waals surface area contributed by atoms with Gasteiger partial charge in [-0.25, -0.2) is 4.79 Å². The maximum atomic E-state index is 13.5. The van der Waals surface area contributed by atoms with Crippen LogP contribution in [0.3, 0.4) is 0 Å². The van der Waals surface area contributed by atoms with E-state index in [0.29, 0.717) is 30.1 Å². The normalized spacial score (nSPS) is 20.5. The number of rotatable bonds is 8. The van der Waals surface area contributed by atoms with Gasteiger partial charge in [0.15, 0.2) is 0 Å². The zero-order valence-corrected chi connectivity index (χ0v) is 24.5. The van der Waals surface area contributed by atoms with Crippen molar-refractivity contribution < 1.29 is 24.2 Å². The smallest absolute Gasteiger partial charge is 0.317 e. The molecular weight excluding hydrogens is 520 g/mol. The van der Waals surface area contributed by atoms with E-state index in [0.717, 1.165) is 31.2 Å². The van der Waals surface area contributed by atoms with E-state index in [1.807, 2.05) is 44.2 Å². The number of aliphatic hydroxyl groups excluding tert-OH is 1. The monoisotopic (exact) mass is 564 g/mol.